The molecule has 1 saturated heterocycles. The predicted octanol–water partition coefficient (Wildman–Crippen LogP) is 2.77. The van der Waals surface area contributed by atoms with E-state index in [2.05, 4.69) is 37.5 Å². The summed E-state index contributed by atoms with van der Waals surface area (Å²) in [6.07, 6.45) is 0. The molecule has 0 unspecified atom stereocenters. The van der Waals surface area contributed by atoms with Crippen LogP contribution in [0, 0.1) is 5.82 Å². The average molecular weight is 441 g/mol. The minimum Gasteiger partial charge on any atom is -0.494 e. The first-order valence-corrected chi connectivity index (χ1v) is 10.9. The van der Waals surface area contributed by atoms with Gasteiger partial charge in [0, 0.05) is 39.0 Å². The van der Waals surface area contributed by atoms with E-state index in [1.54, 1.807) is 7.11 Å². The molecule has 0 N–H and O–H groups in total. The predicted molar refractivity (Wildman–Crippen MR) is 119 cm³/mol. The van der Waals surface area contributed by atoms with Gasteiger partial charge in [0.2, 0.25) is 0 Å². The SMILES string of the molecule is CCOc1ccc([C@@H](c2nnnn2CCOC)N2CCN(c3ccc(F)cc3)CC2)cc1. The second-order valence-electron chi connectivity index (χ2n) is 7.66. The lowest BCUT2D eigenvalue weighted by Gasteiger charge is -2.40. The van der Waals surface area contributed by atoms with Crippen LogP contribution in [0.5, 0.6) is 5.75 Å². The fourth-order valence-corrected chi connectivity index (χ4v) is 4.07. The molecule has 1 aromatic heterocycles. The highest BCUT2D eigenvalue weighted by Crippen LogP contribution is 2.30. The lowest BCUT2D eigenvalue weighted by Crippen LogP contribution is -2.48. The third-order valence-corrected chi connectivity index (χ3v) is 5.69. The highest BCUT2D eigenvalue weighted by molar-refractivity contribution is 5.46. The monoisotopic (exact) mass is 440 g/mol. The number of benzene rings is 2. The van der Waals surface area contributed by atoms with Gasteiger partial charge in [-0.15, -0.1) is 5.10 Å². The van der Waals surface area contributed by atoms with Crippen LogP contribution in [0.3, 0.4) is 0 Å². The van der Waals surface area contributed by atoms with Gasteiger partial charge in [0.1, 0.15) is 11.6 Å². The normalized spacial score (nSPS) is 15.7. The van der Waals surface area contributed by atoms with E-state index >= 15 is 0 Å². The zero-order valence-corrected chi connectivity index (χ0v) is 18.5. The van der Waals surface area contributed by atoms with Crippen LogP contribution in [-0.4, -0.2) is 71.6 Å². The van der Waals surface area contributed by atoms with Gasteiger partial charge in [-0.3, -0.25) is 4.90 Å². The zero-order valence-electron chi connectivity index (χ0n) is 18.5. The fourth-order valence-electron chi connectivity index (χ4n) is 4.07. The fraction of sp³-hybridized carbons (Fsp3) is 0.435. The minimum absolute atomic E-state index is 0.0899. The van der Waals surface area contributed by atoms with Crippen LogP contribution in [0.2, 0.25) is 0 Å². The van der Waals surface area contributed by atoms with E-state index in [0.29, 0.717) is 19.8 Å². The van der Waals surface area contributed by atoms with Crippen LogP contribution in [-0.2, 0) is 11.3 Å². The summed E-state index contributed by atoms with van der Waals surface area (Å²) in [5.74, 6) is 1.42. The summed E-state index contributed by atoms with van der Waals surface area (Å²) in [5, 5.41) is 12.5. The summed E-state index contributed by atoms with van der Waals surface area (Å²) in [5.41, 5.74) is 2.14. The van der Waals surface area contributed by atoms with Crippen molar-refractivity contribution in [1.82, 2.24) is 25.1 Å². The molecular weight excluding hydrogens is 411 g/mol. The first-order valence-electron chi connectivity index (χ1n) is 10.9. The molecule has 0 amide bonds. The van der Waals surface area contributed by atoms with Gasteiger partial charge in [-0.25, -0.2) is 9.07 Å². The van der Waals surface area contributed by atoms with Crippen LogP contribution in [0.4, 0.5) is 10.1 Å². The lowest BCUT2D eigenvalue weighted by molar-refractivity contribution is 0.171. The van der Waals surface area contributed by atoms with Gasteiger partial charge in [0.25, 0.3) is 0 Å². The molecule has 1 atom stereocenters. The Kier molecular flexibility index (Phi) is 7.28. The van der Waals surface area contributed by atoms with Gasteiger partial charge >= 0.3 is 0 Å². The van der Waals surface area contributed by atoms with Crippen molar-refractivity contribution in [1.29, 1.82) is 0 Å². The third-order valence-electron chi connectivity index (χ3n) is 5.69. The summed E-state index contributed by atoms with van der Waals surface area (Å²) < 4.78 is 26.0. The van der Waals surface area contributed by atoms with Crippen LogP contribution >= 0.6 is 0 Å². The molecule has 3 aromatic rings. The van der Waals surface area contributed by atoms with Crippen molar-refractivity contribution in [3.8, 4) is 5.75 Å². The Morgan fingerprint density at radius 3 is 2.38 bits per heavy atom. The maximum absolute atomic E-state index is 13.3. The van der Waals surface area contributed by atoms with E-state index in [0.717, 1.165) is 49.0 Å². The Morgan fingerprint density at radius 1 is 1.00 bits per heavy atom. The van der Waals surface area contributed by atoms with Crippen molar-refractivity contribution in [2.45, 2.75) is 19.5 Å². The number of rotatable bonds is 9. The van der Waals surface area contributed by atoms with Crippen molar-refractivity contribution in [3.63, 3.8) is 0 Å². The highest BCUT2D eigenvalue weighted by atomic mass is 19.1. The Labute approximate surface area is 187 Å². The number of aromatic nitrogens is 4. The quantitative estimate of drug-likeness (QED) is 0.507. The largest absolute Gasteiger partial charge is 0.494 e. The molecular formula is C23H29FN6O2. The molecule has 0 saturated carbocycles. The highest BCUT2D eigenvalue weighted by Gasteiger charge is 2.30. The van der Waals surface area contributed by atoms with Crippen molar-refractivity contribution < 1.29 is 13.9 Å². The number of methoxy groups -OCH3 is 1. The summed E-state index contributed by atoms with van der Waals surface area (Å²) in [4.78, 5) is 4.67. The lowest BCUT2D eigenvalue weighted by atomic mass is 10.0. The van der Waals surface area contributed by atoms with Gasteiger partial charge in [-0.2, -0.15) is 0 Å². The number of hydrogen-bond acceptors (Lipinski definition) is 7. The average Bonchev–Trinajstić information content (AvgIpc) is 3.28. The maximum Gasteiger partial charge on any atom is 0.173 e. The number of hydrogen-bond donors (Lipinski definition) is 0. The molecule has 170 valence electrons. The molecule has 4 rings (SSSR count). The molecule has 0 bridgehead atoms. The first kappa shape index (κ1) is 22.2. The van der Waals surface area contributed by atoms with E-state index in [-0.39, 0.29) is 11.9 Å². The van der Waals surface area contributed by atoms with E-state index in [1.165, 1.54) is 12.1 Å². The van der Waals surface area contributed by atoms with Crippen LogP contribution in [0.15, 0.2) is 48.5 Å². The molecule has 0 aliphatic carbocycles. The summed E-state index contributed by atoms with van der Waals surface area (Å²) >= 11 is 0. The van der Waals surface area contributed by atoms with E-state index in [4.69, 9.17) is 9.47 Å². The van der Waals surface area contributed by atoms with E-state index < -0.39 is 0 Å². The van der Waals surface area contributed by atoms with Gasteiger partial charge in [-0.1, -0.05) is 12.1 Å². The van der Waals surface area contributed by atoms with Gasteiger partial charge in [0.05, 0.1) is 25.8 Å². The van der Waals surface area contributed by atoms with Gasteiger partial charge in [0.15, 0.2) is 5.82 Å². The van der Waals surface area contributed by atoms with E-state index in [9.17, 15) is 4.39 Å². The number of ether oxygens (including phenoxy) is 2. The number of halogens is 1. The first-order chi connectivity index (χ1) is 15.7. The molecule has 1 fully saturated rings. The Bertz CT molecular complexity index is 971. The maximum atomic E-state index is 13.3. The molecule has 9 heteroatoms. The van der Waals surface area contributed by atoms with Crippen molar-refractivity contribution >= 4 is 5.69 Å². The minimum atomic E-state index is -0.217. The molecule has 2 aromatic carbocycles. The zero-order chi connectivity index (χ0) is 22.3. The topological polar surface area (TPSA) is 68.5 Å². The van der Waals surface area contributed by atoms with E-state index in [1.807, 2.05) is 35.9 Å². The Morgan fingerprint density at radius 2 is 1.72 bits per heavy atom. The second kappa shape index (κ2) is 10.5. The summed E-state index contributed by atoms with van der Waals surface area (Å²) in [6.45, 7) is 7.04. The Balaban J connectivity index is 1.57. The van der Waals surface area contributed by atoms with Gasteiger partial charge in [-0.05, 0) is 59.3 Å². The molecule has 0 radical (unpaired) electrons. The van der Waals surface area contributed by atoms with Crippen LogP contribution < -0.4 is 9.64 Å². The number of nitrogens with zero attached hydrogens (tertiary/aromatic N) is 6. The number of anilines is 1. The second-order valence-corrected chi connectivity index (χ2v) is 7.66. The van der Waals surface area contributed by atoms with Crippen LogP contribution in [0.1, 0.15) is 24.4 Å². The molecule has 1 aliphatic heterocycles. The smallest absolute Gasteiger partial charge is 0.173 e. The van der Waals surface area contributed by atoms with Crippen LogP contribution in [0.25, 0.3) is 0 Å². The third kappa shape index (κ3) is 5.05. The number of piperazine rings is 1. The molecule has 1 aliphatic rings. The summed E-state index contributed by atoms with van der Waals surface area (Å²) in [6, 6.07) is 14.7. The molecule has 8 nitrogen and oxygen atoms in total. The van der Waals surface area contributed by atoms with Gasteiger partial charge < -0.3 is 14.4 Å². The standard InChI is InChI=1S/C23H29FN6O2/c1-3-32-21-10-4-18(5-11-21)22(23-25-26-27-30(23)16-17-31-2)29-14-12-28(13-15-29)20-8-6-19(24)7-9-20/h4-11,22H,3,12-17H2,1-2H3/t22-/m0/s1. The van der Waals surface area contributed by atoms with Crippen molar-refractivity contribution in [3.05, 3.63) is 65.7 Å². The van der Waals surface area contributed by atoms with Crippen molar-refractivity contribution in [2.24, 2.45) is 0 Å². The molecule has 2 heterocycles. The number of tetrazole rings is 1. The summed E-state index contributed by atoms with van der Waals surface area (Å²) in [7, 11) is 1.67. The molecule has 0 spiro atoms. The Hall–Kier alpha value is -3.04. The van der Waals surface area contributed by atoms with Crippen molar-refractivity contribution in [2.75, 3.05) is 51.4 Å². The molecule has 32 heavy (non-hydrogen) atoms.